The molecule has 0 N–H and O–H groups in total. The van der Waals surface area contributed by atoms with Crippen molar-refractivity contribution in [1.29, 1.82) is 0 Å². The molecule has 2 aromatic rings. The highest BCUT2D eigenvalue weighted by Gasteiger charge is 2.28. The zero-order valence-electron chi connectivity index (χ0n) is 12.4. The van der Waals surface area contributed by atoms with Crippen molar-refractivity contribution in [3.8, 4) is 11.1 Å². The highest BCUT2D eigenvalue weighted by molar-refractivity contribution is 6.61. The summed E-state index contributed by atoms with van der Waals surface area (Å²) in [4.78, 5) is 0. The van der Waals surface area contributed by atoms with Crippen LogP contribution in [0.2, 0.25) is 0 Å². The fourth-order valence-electron chi connectivity index (χ4n) is 2.48. The summed E-state index contributed by atoms with van der Waals surface area (Å²) in [5.74, 6) is -1.22. The molecule has 0 bridgehead atoms. The molecule has 1 aliphatic rings. The Labute approximate surface area is 129 Å². The van der Waals surface area contributed by atoms with Crippen LogP contribution in [0.1, 0.15) is 13.3 Å². The molecule has 3 rings (SSSR count). The van der Waals surface area contributed by atoms with E-state index in [-0.39, 0.29) is 7.12 Å². The smallest absolute Gasteiger partial charge is 0.407 e. The van der Waals surface area contributed by atoms with E-state index in [4.69, 9.17) is 9.31 Å². The molecule has 1 saturated heterocycles. The second kappa shape index (κ2) is 6.59. The van der Waals surface area contributed by atoms with Gasteiger partial charge in [-0.3, -0.25) is 0 Å². The standard InChI is InChI=1S/C17H17BF2O2/c1-2-12-10-21-18(22-11-12)15-6-3-13(4-7-15)14-5-8-16(19)17(20)9-14/h3-9,12H,2,10-11H2,1H3. The maximum atomic E-state index is 13.3. The molecule has 114 valence electrons. The van der Waals surface area contributed by atoms with Gasteiger partial charge in [0.2, 0.25) is 0 Å². The lowest BCUT2D eigenvalue weighted by Crippen LogP contribution is -2.44. The lowest BCUT2D eigenvalue weighted by atomic mass is 9.77. The minimum Gasteiger partial charge on any atom is -0.407 e. The summed E-state index contributed by atoms with van der Waals surface area (Å²) < 4.78 is 37.7. The van der Waals surface area contributed by atoms with Crippen LogP contribution in [0.25, 0.3) is 11.1 Å². The molecule has 2 nitrogen and oxygen atoms in total. The summed E-state index contributed by atoms with van der Waals surface area (Å²) in [5.41, 5.74) is 2.40. The summed E-state index contributed by atoms with van der Waals surface area (Å²) in [6.07, 6.45) is 1.04. The molecular formula is C17H17BF2O2. The van der Waals surface area contributed by atoms with Crippen molar-refractivity contribution in [3.05, 3.63) is 54.1 Å². The predicted molar refractivity (Wildman–Crippen MR) is 82.9 cm³/mol. The van der Waals surface area contributed by atoms with Gasteiger partial charge in [0.05, 0.1) is 0 Å². The molecule has 1 fully saturated rings. The third-order valence-electron chi connectivity index (χ3n) is 3.98. The third kappa shape index (κ3) is 3.21. The third-order valence-corrected chi connectivity index (χ3v) is 3.98. The predicted octanol–water partition coefficient (Wildman–Crippen LogP) is 3.40. The van der Waals surface area contributed by atoms with Crippen LogP contribution in [0.4, 0.5) is 8.78 Å². The topological polar surface area (TPSA) is 18.5 Å². The molecule has 0 aromatic heterocycles. The zero-order valence-corrected chi connectivity index (χ0v) is 12.4. The first-order valence-corrected chi connectivity index (χ1v) is 7.46. The van der Waals surface area contributed by atoms with Crippen LogP contribution < -0.4 is 5.46 Å². The van der Waals surface area contributed by atoms with Gasteiger partial charge in [-0.2, -0.15) is 0 Å². The molecule has 0 unspecified atom stereocenters. The van der Waals surface area contributed by atoms with Gasteiger partial charge in [0, 0.05) is 19.1 Å². The Balaban J connectivity index is 1.74. The van der Waals surface area contributed by atoms with E-state index in [0.717, 1.165) is 23.5 Å². The van der Waals surface area contributed by atoms with Gasteiger partial charge in [-0.1, -0.05) is 37.3 Å². The fraction of sp³-hybridized carbons (Fsp3) is 0.294. The Bertz CT molecular complexity index is 638. The fourth-order valence-corrected chi connectivity index (χ4v) is 2.48. The summed E-state index contributed by atoms with van der Waals surface area (Å²) >= 11 is 0. The monoisotopic (exact) mass is 302 g/mol. The highest BCUT2D eigenvalue weighted by atomic mass is 19.2. The minimum atomic E-state index is -0.842. The van der Waals surface area contributed by atoms with Crippen LogP contribution in [0.3, 0.4) is 0 Å². The first-order valence-electron chi connectivity index (χ1n) is 7.46. The molecule has 0 aliphatic carbocycles. The number of benzene rings is 2. The van der Waals surface area contributed by atoms with E-state index in [1.54, 1.807) is 6.07 Å². The average molecular weight is 302 g/mol. The van der Waals surface area contributed by atoms with Crippen molar-refractivity contribution in [2.45, 2.75) is 13.3 Å². The van der Waals surface area contributed by atoms with Crippen molar-refractivity contribution >= 4 is 12.6 Å². The first kappa shape index (κ1) is 15.2. The lowest BCUT2D eigenvalue weighted by Gasteiger charge is -2.26. The first-order chi connectivity index (χ1) is 10.7. The van der Waals surface area contributed by atoms with Crippen LogP contribution in [0.15, 0.2) is 42.5 Å². The van der Waals surface area contributed by atoms with Crippen molar-refractivity contribution in [2.75, 3.05) is 13.2 Å². The van der Waals surface area contributed by atoms with E-state index in [2.05, 4.69) is 6.92 Å². The molecule has 0 amide bonds. The van der Waals surface area contributed by atoms with Gasteiger partial charge in [-0.25, -0.2) is 8.78 Å². The van der Waals surface area contributed by atoms with Crippen molar-refractivity contribution in [1.82, 2.24) is 0 Å². The second-order valence-corrected chi connectivity index (χ2v) is 5.52. The second-order valence-electron chi connectivity index (χ2n) is 5.52. The minimum absolute atomic E-state index is 0.346. The van der Waals surface area contributed by atoms with Crippen LogP contribution in [0.5, 0.6) is 0 Å². The molecule has 0 saturated carbocycles. The molecule has 0 radical (unpaired) electrons. The summed E-state index contributed by atoms with van der Waals surface area (Å²) in [6, 6.07) is 11.4. The van der Waals surface area contributed by atoms with Gasteiger partial charge in [-0.05, 0) is 35.1 Å². The van der Waals surface area contributed by atoms with E-state index in [9.17, 15) is 8.78 Å². The summed E-state index contributed by atoms with van der Waals surface area (Å²) in [6.45, 7) is 3.52. The van der Waals surface area contributed by atoms with Crippen molar-refractivity contribution in [3.63, 3.8) is 0 Å². The number of hydrogen-bond donors (Lipinski definition) is 0. The Kier molecular flexibility index (Phi) is 4.55. The van der Waals surface area contributed by atoms with Gasteiger partial charge in [0.1, 0.15) is 0 Å². The normalized spacial score (nSPS) is 16.0. The summed E-state index contributed by atoms with van der Waals surface area (Å²) in [7, 11) is -0.346. The highest BCUT2D eigenvalue weighted by Crippen LogP contribution is 2.21. The SMILES string of the molecule is CCC1COB(c2ccc(-c3ccc(F)c(F)c3)cc2)OC1. The van der Waals surface area contributed by atoms with E-state index in [0.29, 0.717) is 24.7 Å². The van der Waals surface area contributed by atoms with Crippen LogP contribution in [-0.4, -0.2) is 20.3 Å². The Morgan fingerprint density at radius 1 is 0.955 bits per heavy atom. The molecule has 0 spiro atoms. The van der Waals surface area contributed by atoms with Crippen molar-refractivity contribution < 1.29 is 18.1 Å². The molecule has 5 heteroatoms. The molecule has 1 heterocycles. The van der Waals surface area contributed by atoms with E-state index < -0.39 is 11.6 Å². The van der Waals surface area contributed by atoms with E-state index in [1.165, 1.54) is 6.07 Å². The number of halogens is 2. The Morgan fingerprint density at radius 3 is 2.18 bits per heavy atom. The van der Waals surface area contributed by atoms with Gasteiger partial charge < -0.3 is 9.31 Å². The number of hydrogen-bond acceptors (Lipinski definition) is 2. The maximum absolute atomic E-state index is 13.3. The lowest BCUT2D eigenvalue weighted by molar-refractivity contribution is 0.0850. The van der Waals surface area contributed by atoms with Crippen LogP contribution in [-0.2, 0) is 9.31 Å². The van der Waals surface area contributed by atoms with Crippen molar-refractivity contribution in [2.24, 2.45) is 5.92 Å². The maximum Gasteiger partial charge on any atom is 0.493 e. The molecule has 1 aliphatic heterocycles. The van der Waals surface area contributed by atoms with Gasteiger partial charge in [0.15, 0.2) is 11.6 Å². The Morgan fingerprint density at radius 2 is 1.59 bits per heavy atom. The average Bonchev–Trinajstić information content (AvgIpc) is 2.58. The quantitative estimate of drug-likeness (QED) is 0.809. The van der Waals surface area contributed by atoms with Gasteiger partial charge in [-0.15, -0.1) is 0 Å². The summed E-state index contributed by atoms with van der Waals surface area (Å²) in [5, 5.41) is 0. The largest absolute Gasteiger partial charge is 0.493 e. The van der Waals surface area contributed by atoms with Crippen LogP contribution in [0, 0.1) is 17.6 Å². The van der Waals surface area contributed by atoms with Gasteiger partial charge >= 0.3 is 7.12 Å². The van der Waals surface area contributed by atoms with Crippen LogP contribution >= 0.6 is 0 Å². The Hall–Kier alpha value is -1.72. The zero-order chi connectivity index (χ0) is 15.5. The molecular weight excluding hydrogens is 285 g/mol. The number of rotatable bonds is 3. The molecule has 22 heavy (non-hydrogen) atoms. The molecule has 0 atom stereocenters. The van der Waals surface area contributed by atoms with Gasteiger partial charge in [0.25, 0.3) is 0 Å². The van der Waals surface area contributed by atoms with E-state index in [1.807, 2.05) is 24.3 Å². The van der Waals surface area contributed by atoms with E-state index >= 15 is 0 Å². The molecule has 2 aromatic carbocycles.